The van der Waals surface area contributed by atoms with Crippen LogP contribution in [-0.4, -0.2) is 4.70 Å². The van der Waals surface area contributed by atoms with Gasteiger partial charge in [-0.25, -0.2) is 4.70 Å². The smallest absolute Gasteiger partial charge is 0.493 e. The van der Waals surface area contributed by atoms with Crippen LogP contribution in [0.5, 0.6) is 0 Å². The second kappa shape index (κ2) is 61.1. The van der Waals surface area contributed by atoms with E-state index in [0.29, 0.717) is 0 Å². The first kappa shape index (κ1) is 79.0. The van der Waals surface area contributed by atoms with Gasteiger partial charge >= 0.3 is 16.5 Å². The van der Waals surface area contributed by atoms with Crippen LogP contribution >= 0.6 is 0 Å². The molecular weight excluding hydrogens is 1020 g/mol. The predicted octanol–water partition coefficient (Wildman–Crippen LogP) is 28.3. The topological polar surface area (TPSA) is 25.3 Å². The average Bonchev–Trinajstić information content (AvgIpc) is 4.03. The van der Waals surface area contributed by atoms with Crippen molar-refractivity contribution in [2.24, 2.45) is 0 Å². The van der Waals surface area contributed by atoms with Gasteiger partial charge in [0.2, 0.25) is 11.4 Å². The molecule has 0 saturated heterocycles. The summed E-state index contributed by atoms with van der Waals surface area (Å²) < 4.78 is 1.53. The van der Waals surface area contributed by atoms with Crippen LogP contribution in [0, 0.1) is 27.7 Å². The summed E-state index contributed by atoms with van der Waals surface area (Å²) in [6.45, 7) is 21.2. The molecule has 0 amide bonds. The number of hydrogen-bond donors (Lipinski definition) is 0. The van der Waals surface area contributed by atoms with E-state index in [2.05, 4.69) is 104 Å². The molecular formula is C78H138N2Ni. The minimum absolute atomic E-state index is 0. The third-order valence-corrected chi connectivity index (χ3v) is 17.2. The Morgan fingerprint density at radius 2 is 0.506 bits per heavy atom. The van der Waals surface area contributed by atoms with Gasteiger partial charge < -0.3 is 19.4 Å². The summed E-state index contributed by atoms with van der Waals surface area (Å²) in [7, 11) is 0. The molecule has 0 spiro atoms. The molecule has 81 heavy (non-hydrogen) atoms. The second-order valence-electron chi connectivity index (χ2n) is 25.2. The van der Waals surface area contributed by atoms with Crippen molar-refractivity contribution in [3.8, 4) is 0 Å². The minimum Gasteiger partial charge on any atom is -0.493 e. The van der Waals surface area contributed by atoms with Gasteiger partial charge in [0.25, 0.3) is 0 Å². The van der Waals surface area contributed by atoms with E-state index >= 15 is 0 Å². The van der Waals surface area contributed by atoms with Crippen LogP contribution < -0.4 is 0 Å². The quantitative estimate of drug-likeness (QED) is 0.0273. The van der Waals surface area contributed by atoms with Gasteiger partial charge in [0.1, 0.15) is 0 Å². The van der Waals surface area contributed by atoms with Crippen molar-refractivity contribution in [3.63, 3.8) is 0 Å². The molecule has 1 heterocycles. The fourth-order valence-corrected chi connectivity index (χ4v) is 12.0. The predicted molar refractivity (Wildman–Crippen MR) is 363 cm³/mol. The molecule has 0 unspecified atom stereocenters. The van der Waals surface area contributed by atoms with Crippen molar-refractivity contribution in [3.05, 3.63) is 101 Å². The Bertz CT molecular complexity index is 1660. The molecule has 1 aliphatic heterocycles. The molecule has 2 nitrogen and oxygen atoms in total. The van der Waals surface area contributed by atoms with Crippen LogP contribution in [0.2, 0.25) is 0 Å². The van der Waals surface area contributed by atoms with E-state index in [-0.39, 0.29) is 16.5 Å². The molecule has 0 aliphatic carbocycles. The van der Waals surface area contributed by atoms with E-state index in [1.165, 1.54) is 335 Å². The van der Waals surface area contributed by atoms with E-state index in [9.17, 15) is 5.53 Å². The third kappa shape index (κ3) is 45.1. The summed E-state index contributed by atoms with van der Waals surface area (Å²) in [6.07, 6.45) is 75.1. The molecule has 470 valence electrons. The zero-order valence-corrected chi connectivity index (χ0v) is 56.4. The molecule has 1 aliphatic rings. The molecule has 0 bridgehead atoms. The van der Waals surface area contributed by atoms with Crippen molar-refractivity contribution in [1.29, 1.82) is 0 Å². The zero-order chi connectivity index (χ0) is 58.0. The summed E-state index contributed by atoms with van der Waals surface area (Å²) in [4.78, 5) is 0. The molecule has 0 saturated carbocycles. The van der Waals surface area contributed by atoms with Crippen molar-refractivity contribution >= 4 is 11.4 Å². The first-order chi connectivity index (χ1) is 39.4. The van der Waals surface area contributed by atoms with Gasteiger partial charge in [-0.3, -0.25) is 0 Å². The maximum Gasteiger partial charge on any atom is 2.00 e. The van der Waals surface area contributed by atoms with Crippen LogP contribution in [0.4, 0.5) is 0 Å². The molecule has 3 heteroatoms. The van der Waals surface area contributed by atoms with E-state index in [4.69, 9.17) is 0 Å². The van der Waals surface area contributed by atoms with E-state index < -0.39 is 0 Å². The third-order valence-electron chi connectivity index (χ3n) is 17.2. The first-order valence-electron chi connectivity index (χ1n) is 36.1. The summed E-state index contributed by atoms with van der Waals surface area (Å²) in [5, 5.41) is 0. The summed E-state index contributed by atoms with van der Waals surface area (Å²) >= 11 is 0. The molecule has 0 radical (unpaired) electrons. The normalized spacial score (nSPS) is 12.2. The van der Waals surface area contributed by atoms with Crippen LogP contribution in [-0.2, 0) is 16.5 Å². The number of unbranched alkanes of at least 4 members (excludes halogenated alkanes) is 48. The number of aryl methyl sites for hydroxylation is 2. The molecule has 2 aromatic carbocycles. The van der Waals surface area contributed by atoms with Crippen LogP contribution in [0.3, 0.4) is 0 Å². The van der Waals surface area contributed by atoms with Gasteiger partial charge in [0.05, 0.1) is 0 Å². The monoisotopic (exact) mass is 1160 g/mol. The number of hydrogen-bond acceptors (Lipinski definition) is 0. The van der Waals surface area contributed by atoms with Crippen LogP contribution in [0.1, 0.15) is 397 Å². The minimum atomic E-state index is 0. The standard InChI is InChI=1S/C46H72N2.2C16H33.Ni/c1-5-7-9-10-11-12-13-14-15-16-17-18-19-20-21-22-23-24-25-26-27-28-36-44-43(35-8-6-2)45(41-33-29-31-39(3)37-41)48(47)46(44)42-34-30-32-40(4)38-42;2*1-3-5-7-9-11-13-15-16-14-12-10-8-6-4-2;/h29-34,37-38H,5-28,35-36H2,1-4H3;2*1,3-16H2,2H3;/q;2*-1;+2. The van der Waals surface area contributed by atoms with Crippen molar-refractivity contribution < 1.29 is 21.2 Å². The van der Waals surface area contributed by atoms with Crippen LogP contribution in [0.25, 0.3) is 16.9 Å². The van der Waals surface area contributed by atoms with Crippen LogP contribution in [0.15, 0.2) is 59.7 Å². The Hall–Kier alpha value is -1.99. The van der Waals surface area contributed by atoms with Gasteiger partial charge in [-0.05, 0) is 63.8 Å². The maximum atomic E-state index is 11.8. The number of nitrogens with zero attached hydrogens (tertiary/aromatic N) is 2. The summed E-state index contributed by atoms with van der Waals surface area (Å²) in [5.74, 6) is 0. The Balaban J connectivity index is 0.00000158. The summed E-state index contributed by atoms with van der Waals surface area (Å²) in [5.41, 5.74) is 21.2. The molecule has 2 aromatic rings. The molecule has 0 N–H and O–H groups in total. The number of allylic oxidation sites excluding steroid dienone is 2. The van der Waals surface area contributed by atoms with Gasteiger partial charge in [0, 0.05) is 22.3 Å². The fraction of sp³-hybridized carbons (Fsp3) is 0.769. The first-order valence-corrected chi connectivity index (χ1v) is 36.1. The molecule has 3 rings (SSSR count). The number of rotatable bonds is 54. The second-order valence-corrected chi connectivity index (χ2v) is 25.2. The Morgan fingerprint density at radius 1 is 0.296 bits per heavy atom. The zero-order valence-electron chi connectivity index (χ0n) is 55.4. The number of benzene rings is 2. The van der Waals surface area contributed by atoms with Crippen molar-refractivity contribution in [2.45, 2.75) is 388 Å². The molecule has 0 atom stereocenters. The molecule has 0 aromatic heterocycles. The average molecular weight is 1160 g/mol. The van der Waals surface area contributed by atoms with E-state index in [1.54, 1.807) is 0 Å². The van der Waals surface area contributed by atoms with Gasteiger partial charge in [0.15, 0.2) is 0 Å². The van der Waals surface area contributed by atoms with Gasteiger partial charge in [-0.2, -0.15) is 12.8 Å². The van der Waals surface area contributed by atoms with E-state index in [0.717, 1.165) is 61.0 Å². The Labute approximate surface area is 519 Å². The summed E-state index contributed by atoms with van der Waals surface area (Å²) in [6, 6.07) is 17.3. The van der Waals surface area contributed by atoms with Crippen molar-refractivity contribution in [1.82, 2.24) is 0 Å². The fourth-order valence-electron chi connectivity index (χ4n) is 12.0. The van der Waals surface area contributed by atoms with E-state index in [1.807, 2.05) is 0 Å². The van der Waals surface area contributed by atoms with Gasteiger partial charge in [-0.15, -0.1) is 0 Å². The van der Waals surface area contributed by atoms with Gasteiger partial charge in [-0.1, -0.05) is 371 Å². The van der Waals surface area contributed by atoms with Crippen molar-refractivity contribution in [2.75, 3.05) is 0 Å². The largest absolute Gasteiger partial charge is 2.00 e. The Morgan fingerprint density at radius 3 is 0.728 bits per heavy atom. The molecule has 0 fully saturated rings. The maximum absolute atomic E-state index is 11.8. The Kier molecular flexibility index (Phi) is 59.6. The SMILES string of the molecule is CCCCCCCCCCCCCCCCCCCCCCCCC1=C(c2cccc(C)c2)[N+](=[N-])C(c2cccc(C)c2)=C1CCCC.[CH2-]CCCCCCCCCCCCCCC.[CH2-]CCCCCCCCCCCCCCC.[Ni+2].